The first-order valence-electron chi connectivity index (χ1n) is 3.42. The Balaban J connectivity index is 3.05. The minimum absolute atomic E-state index is 0.0871. The fourth-order valence-corrected chi connectivity index (χ4v) is 1.37. The maximum Gasteiger partial charge on any atom is 0.0449 e. The Kier molecular flexibility index (Phi) is 2.72. The molecule has 1 aromatic rings. The third kappa shape index (κ3) is 2.07. The second-order valence-corrected chi connectivity index (χ2v) is 3.73. The first kappa shape index (κ1) is 8.80. The number of rotatable bonds is 1. The molecular formula is C8H11IN2. The van der Waals surface area contributed by atoms with Gasteiger partial charge in [-0.25, -0.2) is 0 Å². The van der Waals surface area contributed by atoms with Gasteiger partial charge in [-0.1, -0.05) is 6.07 Å². The first-order valence-corrected chi connectivity index (χ1v) is 4.49. The number of hydrogen-bond donors (Lipinski definition) is 2. The van der Waals surface area contributed by atoms with E-state index in [-0.39, 0.29) is 6.04 Å². The molecule has 0 heterocycles. The van der Waals surface area contributed by atoms with Crippen molar-refractivity contribution < 1.29 is 0 Å². The number of nitrogen functional groups attached to an aromatic ring is 1. The van der Waals surface area contributed by atoms with Gasteiger partial charge in [0.2, 0.25) is 0 Å². The van der Waals surface area contributed by atoms with Gasteiger partial charge in [-0.15, -0.1) is 0 Å². The van der Waals surface area contributed by atoms with Crippen molar-refractivity contribution in [1.29, 1.82) is 0 Å². The molecule has 11 heavy (non-hydrogen) atoms. The molecule has 0 saturated heterocycles. The molecule has 0 saturated carbocycles. The van der Waals surface area contributed by atoms with E-state index in [0.717, 1.165) is 14.8 Å². The summed E-state index contributed by atoms with van der Waals surface area (Å²) >= 11 is 2.20. The molecule has 0 amide bonds. The summed E-state index contributed by atoms with van der Waals surface area (Å²) in [6, 6.07) is 5.95. The predicted octanol–water partition coefficient (Wildman–Crippen LogP) is 1.89. The van der Waals surface area contributed by atoms with Crippen LogP contribution in [0, 0.1) is 3.57 Å². The highest BCUT2D eigenvalue weighted by Crippen LogP contribution is 2.19. The predicted molar refractivity (Wildman–Crippen MR) is 56.2 cm³/mol. The van der Waals surface area contributed by atoms with Crippen LogP contribution in [-0.4, -0.2) is 0 Å². The summed E-state index contributed by atoms with van der Waals surface area (Å²) in [6.07, 6.45) is 0. The van der Waals surface area contributed by atoms with Gasteiger partial charge in [-0.05, 0) is 47.2 Å². The second-order valence-electron chi connectivity index (χ2n) is 2.57. The molecule has 2 nitrogen and oxygen atoms in total. The van der Waals surface area contributed by atoms with Gasteiger partial charge >= 0.3 is 0 Å². The van der Waals surface area contributed by atoms with Crippen LogP contribution in [0.5, 0.6) is 0 Å². The first-order chi connectivity index (χ1) is 5.11. The van der Waals surface area contributed by atoms with Crippen molar-refractivity contribution in [3.8, 4) is 0 Å². The van der Waals surface area contributed by atoms with Gasteiger partial charge in [0.1, 0.15) is 0 Å². The van der Waals surface area contributed by atoms with Gasteiger partial charge < -0.3 is 11.5 Å². The zero-order chi connectivity index (χ0) is 8.43. The highest BCUT2D eigenvalue weighted by atomic mass is 127. The van der Waals surface area contributed by atoms with Crippen LogP contribution < -0.4 is 11.5 Å². The summed E-state index contributed by atoms with van der Waals surface area (Å²) in [5.41, 5.74) is 13.3. The lowest BCUT2D eigenvalue weighted by Gasteiger charge is -2.06. The quantitative estimate of drug-likeness (QED) is 0.599. The molecule has 0 bridgehead atoms. The van der Waals surface area contributed by atoms with Crippen molar-refractivity contribution in [3.05, 3.63) is 27.3 Å². The van der Waals surface area contributed by atoms with E-state index in [0.29, 0.717) is 0 Å². The molecule has 1 unspecified atom stereocenters. The molecule has 4 N–H and O–H groups in total. The Morgan fingerprint density at radius 3 is 2.55 bits per heavy atom. The van der Waals surface area contributed by atoms with E-state index in [9.17, 15) is 0 Å². The minimum Gasteiger partial charge on any atom is -0.398 e. The summed E-state index contributed by atoms with van der Waals surface area (Å²) in [5.74, 6) is 0. The van der Waals surface area contributed by atoms with Crippen molar-refractivity contribution in [2.45, 2.75) is 13.0 Å². The van der Waals surface area contributed by atoms with E-state index >= 15 is 0 Å². The molecule has 0 spiro atoms. The lowest BCUT2D eigenvalue weighted by molar-refractivity contribution is 0.818. The smallest absolute Gasteiger partial charge is 0.0449 e. The van der Waals surface area contributed by atoms with Crippen molar-refractivity contribution >= 4 is 28.3 Å². The van der Waals surface area contributed by atoms with Crippen LogP contribution in [-0.2, 0) is 0 Å². The average Bonchev–Trinajstić information content (AvgIpc) is 1.94. The molecule has 0 aliphatic heterocycles. The number of halogens is 1. The zero-order valence-corrected chi connectivity index (χ0v) is 8.50. The van der Waals surface area contributed by atoms with Crippen molar-refractivity contribution in [1.82, 2.24) is 0 Å². The van der Waals surface area contributed by atoms with E-state index in [1.165, 1.54) is 0 Å². The zero-order valence-electron chi connectivity index (χ0n) is 6.34. The van der Waals surface area contributed by atoms with Gasteiger partial charge in [0.05, 0.1) is 0 Å². The highest BCUT2D eigenvalue weighted by molar-refractivity contribution is 14.1. The third-order valence-electron chi connectivity index (χ3n) is 1.55. The van der Waals surface area contributed by atoms with Gasteiger partial charge in [0.25, 0.3) is 0 Å². The molecule has 60 valence electrons. The molecule has 0 aliphatic rings. The van der Waals surface area contributed by atoms with Crippen LogP contribution in [0.3, 0.4) is 0 Å². The van der Waals surface area contributed by atoms with E-state index < -0.39 is 0 Å². The summed E-state index contributed by atoms with van der Waals surface area (Å²) in [6.45, 7) is 1.96. The standard InChI is InChI=1S/C8H11IN2/c1-5(10)6-2-3-8(11)7(9)4-6/h2-5H,10-11H2,1H3. The number of benzene rings is 1. The number of nitrogens with two attached hydrogens (primary N) is 2. The molecule has 0 radical (unpaired) electrons. The van der Waals surface area contributed by atoms with E-state index in [1.54, 1.807) is 0 Å². The summed E-state index contributed by atoms with van der Waals surface area (Å²) in [7, 11) is 0. The molecule has 0 aromatic heterocycles. The normalized spacial score (nSPS) is 13.0. The van der Waals surface area contributed by atoms with E-state index in [4.69, 9.17) is 11.5 Å². The third-order valence-corrected chi connectivity index (χ3v) is 2.48. The number of hydrogen-bond acceptors (Lipinski definition) is 2. The van der Waals surface area contributed by atoms with Gasteiger partial charge in [-0.3, -0.25) is 0 Å². The lowest BCUT2D eigenvalue weighted by Crippen LogP contribution is -2.05. The summed E-state index contributed by atoms with van der Waals surface area (Å²) < 4.78 is 1.07. The largest absolute Gasteiger partial charge is 0.398 e. The van der Waals surface area contributed by atoms with Crippen molar-refractivity contribution in [2.24, 2.45) is 5.73 Å². The van der Waals surface area contributed by atoms with Crippen LogP contribution in [0.2, 0.25) is 0 Å². The van der Waals surface area contributed by atoms with E-state index in [1.807, 2.05) is 25.1 Å². The molecule has 1 atom stereocenters. The van der Waals surface area contributed by atoms with Gasteiger partial charge in [-0.2, -0.15) is 0 Å². The van der Waals surface area contributed by atoms with Crippen LogP contribution in [0.15, 0.2) is 18.2 Å². The fraction of sp³-hybridized carbons (Fsp3) is 0.250. The topological polar surface area (TPSA) is 52.0 Å². The molecule has 1 rings (SSSR count). The Labute approximate surface area is 80.1 Å². The average molecular weight is 262 g/mol. The SMILES string of the molecule is CC(N)c1ccc(N)c(I)c1. The number of anilines is 1. The lowest BCUT2D eigenvalue weighted by atomic mass is 10.1. The second kappa shape index (κ2) is 3.40. The Hall–Kier alpha value is -0.290. The molecule has 3 heteroatoms. The molecule has 1 aromatic carbocycles. The highest BCUT2D eigenvalue weighted by Gasteiger charge is 2.00. The van der Waals surface area contributed by atoms with Crippen molar-refractivity contribution in [2.75, 3.05) is 5.73 Å². The maximum atomic E-state index is 5.69. The maximum absolute atomic E-state index is 5.69. The fourth-order valence-electron chi connectivity index (χ4n) is 0.827. The Morgan fingerprint density at radius 1 is 1.45 bits per heavy atom. The molecule has 0 fully saturated rings. The van der Waals surface area contributed by atoms with Gasteiger partial charge in [0, 0.05) is 15.3 Å². The van der Waals surface area contributed by atoms with Gasteiger partial charge in [0.15, 0.2) is 0 Å². The monoisotopic (exact) mass is 262 g/mol. The summed E-state index contributed by atoms with van der Waals surface area (Å²) in [4.78, 5) is 0. The summed E-state index contributed by atoms with van der Waals surface area (Å²) in [5, 5.41) is 0. The Morgan fingerprint density at radius 2 is 2.09 bits per heavy atom. The van der Waals surface area contributed by atoms with Crippen LogP contribution in [0.4, 0.5) is 5.69 Å². The van der Waals surface area contributed by atoms with Crippen molar-refractivity contribution in [3.63, 3.8) is 0 Å². The van der Waals surface area contributed by atoms with Crippen LogP contribution in [0.1, 0.15) is 18.5 Å². The minimum atomic E-state index is 0.0871. The van der Waals surface area contributed by atoms with Crippen LogP contribution >= 0.6 is 22.6 Å². The Bertz CT molecular complexity index is 258. The molecular weight excluding hydrogens is 251 g/mol. The van der Waals surface area contributed by atoms with Crippen LogP contribution in [0.25, 0.3) is 0 Å². The van der Waals surface area contributed by atoms with E-state index in [2.05, 4.69) is 22.6 Å². The molecule has 0 aliphatic carbocycles.